The maximum atomic E-state index is 11.9. The fourth-order valence-electron chi connectivity index (χ4n) is 2.17. The number of nitrogens with zero attached hydrogens (tertiary/aromatic N) is 3. The number of aromatic nitrogens is 2. The summed E-state index contributed by atoms with van der Waals surface area (Å²) in [7, 11) is 1.83. The zero-order chi connectivity index (χ0) is 13.0. The molecule has 1 aromatic rings. The summed E-state index contributed by atoms with van der Waals surface area (Å²) in [5.41, 5.74) is 0.909. The van der Waals surface area contributed by atoms with Gasteiger partial charge in [-0.15, -0.1) is 24.8 Å². The summed E-state index contributed by atoms with van der Waals surface area (Å²) in [4.78, 5) is 14.1. The molecule has 0 aromatic carbocycles. The van der Waals surface area contributed by atoms with Gasteiger partial charge in [0.1, 0.15) is 5.82 Å². The number of rotatable bonds is 3. The highest BCUT2D eigenvalue weighted by atomic mass is 35.5. The van der Waals surface area contributed by atoms with E-state index in [0.29, 0.717) is 6.54 Å². The second-order valence-corrected chi connectivity index (χ2v) is 4.72. The SMILES string of the molecule is Cc1cc(NC(=O)CN2CCCNCC2)n(C)n1.Cl.Cl. The molecule has 1 aliphatic rings. The number of halogens is 2. The normalized spacial score (nSPS) is 15.7. The van der Waals surface area contributed by atoms with E-state index in [1.54, 1.807) is 4.68 Å². The van der Waals surface area contributed by atoms with Crippen LogP contribution < -0.4 is 10.6 Å². The van der Waals surface area contributed by atoms with Crippen LogP contribution in [0.15, 0.2) is 6.07 Å². The first-order chi connectivity index (χ1) is 8.65. The number of nitrogens with one attached hydrogen (secondary N) is 2. The molecule has 2 heterocycles. The van der Waals surface area contributed by atoms with Crippen molar-refractivity contribution in [2.75, 3.05) is 38.0 Å². The number of anilines is 1. The molecule has 20 heavy (non-hydrogen) atoms. The van der Waals surface area contributed by atoms with Crippen molar-refractivity contribution >= 4 is 36.5 Å². The maximum absolute atomic E-state index is 11.9. The number of carbonyl (C=O) groups is 1. The zero-order valence-electron chi connectivity index (χ0n) is 11.9. The number of carbonyl (C=O) groups excluding carboxylic acids is 1. The lowest BCUT2D eigenvalue weighted by molar-refractivity contribution is -0.117. The van der Waals surface area contributed by atoms with Crippen LogP contribution in [-0.4, -0.2) is 53.3 Å². The first-order valence-corrected chi connectivity index (χ1v) is 6.39. The van der Waals surface area contributed by atoms with Gasteiger partial charge in [-0.1, -0.05) is 0 Å². The lowest BCUT2D eigenvalue weighted by atomic mass is 10.4. The van der Waals surface area contributed by atoms with Crippen LogP contribution in [0.25, 0.3) is 0 Å². The van der Waals surface area contributed by atoms with Crippen molar-refractivity contribution in [2.45, 2.75) is 13.3 Å². The monoisotopic (exact) mass is 323 g/mol. The lowest BCUT2D eigenvalue weighted by Gasteiger charge is -2.18. The van der Waals surface area contributed by atoms with Crippen molar-refractivity contribution in [3.8, 4) is 0 Å². The van der Waals surface area contributed by atoms with Crippen molar-refractivity contribution in [1.29, 1.82) is 0 Å². The highest BCUT2D eigenvalue weighted by molar-refractivity contribution is 5.91. The van der Waals surface area contributed by atoms with Gasteiger partial charge in [0.15, 0.2) is 0 Å². The second-order valence-electron chi connectivity index (χ2n) is 4.72. The van der Waals surface area contributed by atoms with E-state index < -0.39 is 0 Å². The Morgan fingerprint density at radius 2 is 2.15 bits per heavy atom. The summed E-state index contributed by atoms with van der Waals surface area (Å²) in [6, 6.07) is 1.88. The molecular formula is C12H23Cl2N5O. The molecule has 6 nitrogen and oxygen atoms in total. The Hall–Kier alpha value is -0.820. The minimum Gasteiger partial charge on any atom is -0.315 e. The van der Waals surface area contributed by atoms with E-state index in [-0.39, 0.29) is 30.7 Å². The number of hydrogen-bond acceptors (Lipinski definition) is 4. The smallest absolute Gasteiger partial charge is 0.239 e. The fraction of sp³-hybridized carbons (Fsp3) is 0.667. The Bertz CT molecular complexity index is 416. The number of hydrogen-bond donors (Lipinski definition) is 2. The van der Waals surface area contributed by atoms with Crippen LogP contribution >= 0.6 is 24.8 Å². The van der Waals surface area contributed by atoms with Crippen LogP contribution in [0.2, 0.25) is 0 Å². The van der Waals surface area contributed by atoms with Crippen molar-refractivity contribution in [3.05, 3.63) is 11.8 Å². The number of aryl methyl sites for hydroxylation is 2. The predicted molar refractivity (Wildman–Crippen MR) is 85.0 cm³/mol. The van der Waals surface area contributed by atoms with Crippen LogP contribution in [0, 0.1) is 6.92 Å². The van der Waals surface area contributed by atoms with E-state index in [4.69, 9.17) is 0 Å². The summed E-state index contributed by atoms with van der Waals surface area (Å²) in [6.07, 6.45) is 1.10. The van der Waals surface area contributed by atoms with Gasteiger partial charge in [0.2, 0.25) is 5.91 Å². The molecule has 0 unspecified atom stereocenters. The average molecular weight is 324 g/mol. The van der Waals surface area contributed by atoms with E-state index in [1.807, 2.05) is 20.0 Å². The van der Waals surface area contributed by atoms with Crippen LogP contribution in [0.3, 0.4) is 0 Å². The third-order valence-electron chi connectivity index (χ3n) is 3.07. The molecule has 0 bridgehead atoms. The minimum atomic E-state index is 0. The van der Waals surface area contributed by atoms with Gasteiger partial charge in [0.25, 0.3) is 0 Å². The van der Waals surface area contributed by atoms with Crippen LogP contribution in [0.1, 0.15) is 12.1 Å². The van der Waals surface area contributed by atoms with Crippen LogP contribution in [0.4, 0.5) is 5.82 Å². The minimum absolute atomic E-state index is 0. The summed E-state index contributed by atoms with van der Waals surface area (Å²) >= 11 is 0. The third kappa shape index (κ3) is 5.66. The Kier molecular flexibility index (Phi) is 8.80. The summed E-state index contributed by atoms with van der Waals surface area (Å²) < 4.78 is 1.69. The van der Waals surface area contributed by atoms with Crippen molar-refractivity contribution in [2.24, 2.45) is 7.05 Å². The molecule has 1 amide bonds. The maximum Gasteiger partial charge on any atom is 0.239 e. The molecule has 2 rings (SSSR count). The van der Waals surface area contributed by atoms with E-state index >= 15 is 0 Å². The van der Waals surface area contributed by atoms with Gasteiger partial charge in [-0.05, 0) is 26.4 Å². The Morgan fingerprint density at radius 1 is 1.40 bits per heavy atom. The van der Waals surface area contributed by atoms with Crippen LogP contribution in [0.5, 0.6) is 0 Å². The van der Waals surface area contributed by atoms with Gasteiger partial charge in [-0.2, -0.15) is 5.10 Å². The molecule has 8 heteroatoms. The molecule has 2 N–H and O–H groups in total. The predicted octanol–water partition coefficient (Wildman–Crippen LogP) is 0.806. The topological polar surface area (TPSA) is 62.2 Å². The van der Waals surface area contributed by atoms with Gasteiger partial charge in [0.05, 0.1) is 12.2 Å². The quantitative estimate of drug-likeness (QED) is 0.864. The zero-order valence-corrected chi connectivity index (χ0v) is 13.5. The first kappa shape index (κ1) is 19.2. The lowest BCUT2D eigenvalue weighted by Crippen LogP contribution is -2.35. The average Bonchev–Trinajstić information content (AvgIpc) is 2.54. The molecule has 0 atom stereocenters. The highest BCUT2D eigenvalue weighted by Gasteiger charge is 2.13. The molecule has 0 spiro atoms. The van der Waals surface area contributed by atoms with Gasteiger partial charge in [-0.3, -0.25) is 14.4 Å². The van der Waals surface area contributed by atoms with E-state index in [0.717, 1.165) is 44.1 Å². The van der Waals surface area contributed by atoms with Crippen LogP contribution in [-0.2, 0) is 11.8 Å². The molecule has 0 radical (unpaired) electrons. The fourth-order valence-corrected chi connectivity index (χ4v) is 2.17. The van der Waals surface area contributed by atoms with Gasteiger partial charge < -0.3 is 10.6 Å². The third-order valence-corrected chi connectivity index (χ3v) is 3.07. The Balaban J connectivity index is 0.00000180. The molecule has 0 saturated carbocycles. The molecule has 1 aromatic heterocycles. The van der Waals surface area contributed by atoms with Crippen molar-refractivity contribution < 1.29 is 4.79 Å². The van der Waals surface area contributed by atoms with Crippen molar-refractivity contribution in [3.63, 3.8) is 0 Å². The Labute approximate surface area is 132 Å². The largest absolute Gasteiger partial charge is 0.315 e. The van der Waals surface area contributed by atoms with Gasteiger partial charge >= 0.3 is 0 Å². The molecule has 1 saturated heterocycles. The Morgan fingerprint density at radius 3 is 2.80 bits per heavy atom. The summed E-state index contributed by atoms with van der Waals surface area (Å²) in [5, 5.41) is 10.4. The highest BCUT2D eigenvalue weighted by Crippen LogP contribution is 2.08. The van der Waals surface area contributed by atoms with Gasteiger partial charge in [0, 0.05) is 26.2 Å². The molecule has 1 fully saturated rings. The summed E-state index contributed by atoms with van der Waals surface area (Å²) in [5.74, 6) is 0.783. The standard InChI is InChI=1S/C12H21N5O.2ClH/c1-10-8-11(16(2)15-10)14-12(18)9-17-6-3-4-13-5-7-17;;/h8,13H,3-7,9H2,1-2H3,(H,14,18);2*1H. The van der Waals surface area contributed by atoms with Gasteiger partial charge in [-0.25, -0.2) is 0 Å². The van der Waals surface area contributed by atoms with E-state index in [2.05, 4.69) is 20.6 Å². The molecule has 1 aliphatic heterocycles. The van der Waals surface area contributed by atoms with E-state index in [1.165, 1.54) is 0 Å². The van der Waals surface area contributed by atoms with E-state index in [9.17, 15) is 4.79 Å². The molecular weight excluding hydrogens is 301 g/mol. The second kappa shape index (κ2) is 9.18. The van der Waals surface area contributed by atoms with Crippen molar-refractivity contribution in [1.82, 2.24) is 20.0 Å². The summed E-state index contributed by atoms with van der Waals surface area (Å²) in [6.45, 7) is 6.27. The molecule has 116 valence electrons. The number of amides is 1. The molecule has 0 aliphatic carbocycles. The first-order valence-electron chi connectivity index (χ1n) is 6.39.